The molecule has 0 saturated carbocycles. The van der Waals surface area contributed by atoms with E-state index in [1.165, 1.54) is 0 Å². The van der Waals surface area contributed by atoms with Gasteiger partial charge < -0.3 is 19.9 Å². The fourth-order valence-corrected chi connectivity index (χ4v) is 2.57. The van der Waals surface area contributed by atoms with Crippen molar-refractivity contribution in [2.75, 3.05) is 13.2 Å². The third kappa shape index (κ3) is 6.58. The summed E-state index contributed by atoms with van der Waals surface area (Å²) in [6.07, 6.45) is 0.788. The van der Waals surface area contributed by atoms with Crippen molar-refractivity contribution in [1.82, 2.24) is 20.8 Å². The number of carbonyl (C=O) groups excluding carboxylic acids is 2. The van der Waals surface area contributed by atoms with Crippen molar-refractivity contribution in [3.8, 4) is 5.75 Å². The number of aromatic nitrogens is 2. The molecule has 0 aliphatic heterocycles. The summed E-state index contributed by atoms with van der Waals surface area (Å²) in [7, 11) is 0. The Morgan fingerprint density at radius 3 is 2.62 bits per heavy atom. The number of hydrogen-bond donors (Lipinski definition) is 2. The fourth-order valence-electron chi connectivity index (χ4n) is 2.57. The quantitative estimate of drug-likeness (QED) is 0.624. The van der Waals surface area contributed by atoms with Gasteiger partial charge in [0.1, 0.15) is 11.8 Å². The van der Waals surface area contributed by atoms with Crippen LogP contribution in [0.3, 0.4) is 0 Å². The third-order valence-corrected chi connectivity index (χ3v) is 4.16. The van der Waals surface area contributed by atoms with Crippen LogP contribution in [0.15, 0.2) is 28.8 Å². The summed E-state index contributed by atoms with van der Waals surface area (Å²) < 4.78 is 10.7. The van der Waals surface area contributed by atoms with E-state index in [2.05, 4.69) is 20.8 Å². The molecular formula is C21H30N4O4. The predicted molar refractivity (Wildman–Crippen MR) is 109 cm³/mol. The molecule has 0 radical (unpaired) electrons. The second-order valence-electron chi connectivity index (χ2n) is 7.78. The van der Waals surface area contributed by atoms with Crippen molar-refractivity contribution >= 4 is 11.8 Å². The predicted octanol–water partition coefficient (Wildman–Crippen LogP) is 3.15. The number of amides is 2. The van der Waals surface area contributed by atoms with Crippen LogP contribution in [0.2, 0.25) is 0 Å². The van der Waals surface area contributed by atoms with Gasteiger partial charge in [0.2, 0.25) is 11.8 Å². The van der Waals surface area contributed by atoms with Crippen molar-refractivity contribution < 1.29 is 18.8 Å². The number of nitrogens with zero attached hydrogens (tertiary/aromatic N) is 2. The van der Waals surface area contributed by atoms with Crippen LogP contribution in [-0.2, 0) is 10.2 Å². The highest BCUT2D eigenvalue weighted by molar-refractivity contribution is 5.96. The summed E-state index contributed by atoms with van der Waals surface area (Å²) >= 11 is 0. The average Bonchev–Trinajstić information content (AvgIpc) is 3.16. The van der Waals surface area contributed by atoms with Gasteiger partial charge in [0.15, 0.2) is 5.82 Å². The molecule has 2 N–H and O–H groups in total. The molecule has 8 nitrogen and oxygen atoms in total. The molecule has 2 rings (SSSR count). The van der Waals surface area contributed by atoms with Crippen molar-refractivity contribution in [2.45, 2.75) is 58.9 Å². The van der Waals surface area contributed by atoms with E-state index < -0.39 is 0 Å². The Kier molecular flexibility index (Phi) is 7.75. The maximum Gasteiger partial charge on any atom is 0.255 e. The zero-order valence-corrected chi connectivity index (χ0v) is 17.7. The van der Waals surface area contributed by atoms with Gasteiger partial charge in [-0.05, 0) is 32.4 Å². The van der Waals surface area contributed by atoms with Crippen LogP contribution >= 0.6 is 0 Å². The lowest BCUT2D eigenvalue weighted by Gasteiger charge is -2.12. The number of para-hydroxylation sites is 1. The van der Waals surface area contributed by atoms with Crippen LogP contribution in [0.1, 0.15) is 75.6 Å². The molecule has 158 valence electrons. The van der Waals surface area contributed by atoms with Crippen molar-refractivity contribution in [3.05, 3.63) is 41.5 Å². The number of benzene rings is 1. The molecule has 0 saturated heterocycles. The van der Waals surface area contributed by atoms with E-state index in [4.69, 9.17) is 9.26 Å². The molecular weight excluding hydrogens is 372 g/mol. The van der Waals surface area contributed by atoms with Gasteiger partial charge in [-0.15, -0.1) is 0 Å². The first-order valence-corrected chi connectivity index (χ1v) is 9.85. The minimum absolute atomic E-state index is 0.142. The second kappa shape index (κ2) is 10.0. The standard InChI is InChI=1S/C21H30N4O4/c1-6-28-16-11-8-7-10-15(16)18(27)22-13-9-12-17(26)23-14(2)19-24-20(25-29-19)21(3,4)5/h7-8,10-11,14H,6,9,12-13H2,1-5H3,(H,22,27)(H,23,26)/t14-/m0/s1. The molecule has 0 fully saturated rings. The summed E-state index contributed by atoms with van der Waals surface area (Å²) in [6, 6.07) is 6.70. The van der Waals surface area contributed by atoms with Crippen LogP contribution in [0, 0.1) is 0 Å². The van der Waals surface area contributed by atoms with Gasteiger partial charge >= 0.3 is 0 Å². The lowest BCUT2D eigenvalue weighted by molar-refractivity contribution is -0.122. The maximum atomic E-state index is 12.3. The van der Waals surface area contributed by atoms with E-state index in [0.29, 0.717) is 42.6 Å². The van der Waals surface area contributed by atoms with E-state index in [1.807, 2.05) is 33.8 Å². The van der Waals surface area contributed by atoms with Gasteiger partial charge in [-0.2, -0.15) is 4.98 Å². The summed E-state index contributed by atoms with van der Waals surface area (Å²) in [5.41, 5.74) is 0.267. The van der Waals surface area contributed by atoms with Gasteiger partial charge in [0.25, 0.3) is 5.91 Å². The molecule has 1 heterocycles. The summed E-state index contributed by atoms with van der Waals surface area (Å²) in [5, 5.41) is 9.62. The molecule has 2 amide bonds. The number of carbonyl (C=O) groups is 2. The largest absolute Gasteiger partial charge is 0.493 e. The Balaban J connectivity index is 1.76. The van der Waals surface area contributed by atoms with Gasteiger partial charge in [-0.1, -0.05) is 38.1 Å². The Morgan fingerprint density at radius 2 is 1.97 bits per heavy atom. The third-order valence-electron chi connectivity index (χ3n) is 4.16. The number of ether oxygens (including phenoxy) is 1. The van der Waals surface area contributed by atoms with E-state index in [9.17, 15) is 9.59 Å². The molecule has 1 aromatic carbocycles. The molecule has 8 heteroatoms. The Labute approximate surface area is 171 Å². The molecule has 29 heavy (non-hydrogen) atoms. The molecule has 0 aliphatic rings. The lowest BCUT2D eigenvalue weighted by Crippen LogP contribution is -2.29. The first-order valence-electron chi connectivity index (χ1n) is 9.85. The molecule has 0 spiro atoms. The zero-order valence-electron chi connectivity index (χ0n) is 17.7. The van der Waals surface area contributed by atoms with Crippen LogP contribution in [0.5, 0.6) is 5.75 Å². The maximum absolute atomic E-state index is 12.3. The minimum atomic E-state index is -0.376. The number of hydrogen-bond acceptors (Lipinski definition) is 6. The van der Waals surface area contributed by atoms with E-state index in [-0.39, 0.29) is 29.7 Å². The van der Waals surface area contributed by atoms with Crippen LogP contribution in [0.25, 0.3) is 0 Å². The molecule has 2 aromatic rings. The number of nitrogens with one attached hydrogen (secondary N) is 2. The van der Waals surface area contributed by atoms with Gasteiger partial charge in [-0.3, -0.25) is 9.59 Å². The smallest absolute Gasteiger partial charge is 0.255 e. The first kappa shape index (κ1) is 22.4. The molecule has 1 aromatic heterocycles. The van der Waals surface area contributed by atoms with Crippen molar-refractivity contribution in [2.24, 2.45) is 0 Å². The zero-order chi connectivity index (χ0) is 21.4. The SMILES string of the molecule is CCOc1ccccc1C(=O)NCCCC(=O)N[C@@H](C)c1nc(C(C)(C)C)no1. The molecule has 1 atom stereocenters. The highest BCUT2D eigenvalue weighted by Crippen LogP contribution is 2.21. The summed E-state index contributed by atoms with van der Waals surface area (Å²) in [5.74, 6) is 1.17. The van der Waals surface area contributed by atoms with Crippen LogP contribution in [0.4, 0.5) is 0 Å². The van der Waals surface area contributed by atoms with Crippen molar-refractivity contribution in [1.29, 1.82) is 0 Å². The molecule has 0 bridgehead atoms. The normalized spacial score (nSPS) is 12.3. The van der Waals surface area contributed by atoms with Crippen LogP contribution < -0.4 is 15.4 Å². The fraction of sp³-hybridized carbons (Fsp3) is 0.524. The van der Waals surface area contributed by atoms with E-state index >= 15 is 0 Å². The van der Waals surface area contributed by atoms with Crippen molar-refractivity contribution in [3.63, 3.8) is 0 Å². The van der Waals surface area contributed by atoms with E-state index in [0.717, 1.165) is 0 Å². The number of rotatable bonds is 9. The average molecular weight is 402 g/mol. The van der Waals surface area contributed by atoms with Gasteiger partial charge in [-0.25, -0.2) is 0 Å². The topological polar surface area (TPSA) is 106 Å². The monoisotopic (exact) mass is 402 g/mol. The highest BCUT2D eigenvalue weighted by Gasteiger charge is 2.23. The Bertz CT molecular complexity index is 826. The summed E-state index contributed by atoms with van der Waals surface area (Å²) in [6.45, 7) is 10.5. The van der Waals surface area contributed by atoms with Gasteiger partial charge in [0, 0.05) is 18.4 Å². The van der Waals surface area contributed by atoms with Crippen LogP contribution in [-0.4, -0.2) is 35.1 Å². The molecule has 0 aliphatic carbocycles. The lowest BCUT2D eigenvalue weighted by atomic mass is 9.96. The summed E-state index contributed by atoms with van der Waals surface area (Å²) in [4.78, 5) is 28.8. The second-order valence-corrected chi connectivity index (χ2v) is 7.78. The minimum Gasteiger partial charge on any atom is -0.493 e. The first-order chi connectivity index (χ1) is 13.7. The molecule has 0 unspecified atom stereocenters. The van der Waals surface area contributed by atoms with Gasteiger partial charge in [0.05, 0.1) is 12.2 Å². The Morgan fingerprint density at radius 1 is 1.24 bits per heavy atom. The van der Waals surface area contributed by atoms with E-state index in [1.54, 1.807) is 25.1 Å². The highest BCUT2D eigenvalue weighted by atomic mass is 16.5. The Hall–Kier alpha value is -2.90.